The van der Waals surface area contributed by atoms with E-state index in [1.54, 1.807) is 0 Å². The Morgan fingerprint density at radius 2 is 2.23 bits per heavy atom. The summed E-state index contributed by atoms with van der Waals surface area (Å²) in [6.45, 7) is 0. The highest BCUT2D eigenvalue weighted by atomic mass is 79.9. The number of rotatable bonds is 2. The van der Waals surface area contributed by atoms with Gasteiger partial charge in [-0.15, -0.1) is 0 Å². The Balaban J connectivity index is 3.38. The molecule has 0 fully saturated rings. The number of hydrogen-bond acceptors (Lipinski definition) is 4. The number of hydrogen-bond donors (Lipinski definition) is 2. The van der Waals surface area contributed by atoms with Gasteiger partial charge in [-0.05, 0) is 29.0 Å². The first-order valence-electron chi connectivity index (χ1n) is 3.25. The molecule has 1 heterocycles. The van der Waals surface area contributed by atoms with E-state index in [-0.39, 0.29) is 4.90 Å². The summed E-state index contributed by atoms with van der Waals surface area (Å²) in [6.07, 6.45) is 1.31. The second kappa shape index (κ2) is 3.60. The van der Waals surface area contributed by atoms with Crippen LogP contribution in [0.25, 0.3) is 0 Å². The summed E-state index contributed by atoms with van der Waals surface area (Å²) in [5.41, 5.74) is 0. The fourth-order valence-electron chi connectivity index (χ4n) is 0.721. The summed E-state index contributed by atoms with van der Waals surface area (Å²) < 4.78 is 25.0. The van der Waals surface area contributed by atoms with Crippen LogP contribution in [-0.4, -0.2) is 25.6 Å². The molecule has 1 rings (SSSR count). The van der Waals surface area contributed by atoms with Gasteiger partial charge in [-0.3, -0.25) is 0 Å². The van der Waals surface area contributed by atoms with Gasteiger partial charge in [-0.1, -0.05) is 0 Å². The second-order valence-corrected chi connectivity index (χ2v) is 4.95. The third-order valence-electron chi connectivity index (χ3n) is 1.36. The predicted molar refractivity (Wildman–Crippen MR) is 49.8 cm³/mol. The molecular formula is C6H7BrN2O3S. The first-order valence-corrected chi connectivity index (χ1v) is 5.53. The summed E-state index contributed by atoms with van der Waals surface area (Å²) in [5, 5.41) is 9.15. The lowest BCUT2D eigenvalue weighted by Crippen LogP contribution is -2.18. The summed E-state index contributed by atoms with van der Waals surface area (Å²) in [4.78, 5) is 3.24. The molecule has 0 atom stereocenters. The third-order valence-corrected chi connectivity index (χ3v) is 3.21. The maximum absolute atomic E-state index is 11.2. The third kappa shape index (κ3) is 2.17. The van der Waals surface area contributed by atoms with Crippen LogP contribution in [0.5, 0.6) is 5.88 Å². The summed E-state index contributed by atoms with van der Waals surface area (Å²) in [5.74, 6) is -0.516. The van der Waals surface area contributed by atoms with E-state index in [1.807, 2.05) is 0 Å². The SMILES string of the molecule is CNS(=O)(=O)c1cc(Br)cnc1O. The van der Waals surface area contributed by atoms with Crippen LogP contribution in [0.2, 0.25) is 0 Å². The molecule has 1 aromatic heterocycles. The Bertz CT molecular complexity index is 418. The van der Waals surface area contributed by atoms with E-state index in [0.29, 0.717) is 4.47 Å². The van der Waals surface area contributed by atoms with Crippen LogP contribution in [-0.2, 0) is 10.0 Å². The number of aromatic nitrogens is 1. The van der Waals surface area contributed by atoms with Crippen molar-refractivity contribution < 1.29 is 13.5 Å². The molecule has 0 aliphatic heterocycles. The minimum Gasteiger partial charge on any atom is -0.492 e. The van der Waals surface area contributed by atoms with E-state index in [9.17, 15) is 8.42 Å². The average molecular weight is 267 g/mol. The van der Waals surface area contributed by atoms with Crippen molar-refractivity contribution in [3.8, 4) is 5.88 Å². The van der Waals surface area contributed by atoms with Crippen LogP contribution in [0.1, 0.15) is 0 Å². The molecule has 0 bridgehead atoms. The lowest BCUT2D eigenvalue weighted by atomic mass is 10.5. The Hall–Kier alpha value is -0.660. The minimum absolute atomic E-state index is 0.246. The zero-order valence-electron chi connectivity index (χ0n) is 6.65. The Kier molecular flexibility index (Phi) is 2.89. The van der Waals surface area contributed by atoms with Crippen molar-refractivity contribution in [3.63, 3.8) is 0 Å². The van der Waals surface area contributed by atoms with Gasteiger partial charge in [0.1, 0.15) is 4.90 Å². The Morgan fingerprint density at radius 1 is 1.62 bits per heavy atom. The van der Waals surface area contributed by atoms with Crippen LogP contribution in [0.15, 0.2) is 21.6 Å². The van der Waals surface area contributed by atoms with Crippen LogP contribution < -0.4 is 4.72 Å². The Morgan fingerprint density at radius 3 is 2.77 bits per heavy atom. The highest BCUT2D eigenvalue weighted by Crippen LogP contribution is 2.22. The number of nitrogens with zero attached hydrogens (tertiary/aromatic N) is 1. The molecule has 0 aliphatic rings. The summed E-state index contributed by atoms with van der Waals surface area (Å²) in [7, 11) is -2.38. The van der Waals surface area contributed by atoms with Gasteiger partial charge in [0.15, 0.2) is 0 Å². The van der Waals surface area contributed by atoms with Crippen LogP contribution in [0, 0.1) is 0 Å². The van der Waals surface area contributed by atoms with Crippen LogP contribution in [0.3, 0.4) is 0 Å². The van der Waals surface area contributed by atoms with E-state index >= 15 is 0 Å². The topological polar surface area (TPSA) is 79.3 Å². The maximum Gasteiger partial charge on any atom is 0.245 e. The molecule has 1 aromatic rings. The molecule has 0 radical (unpaired) electrons. The normalized spacial score (nSPS) is 11.5. The number of nitrogens with one attached hydrogen (secondary N) is 1. The van der Waals surface area contributed by atoms with Gasteiger partial charge < -0.3 is 5.11 Å². The van der Waals surface area contributed by atoms with Gasteiger partial charge in [-0.2, -0.15) is 0 Å². The van der Waals surface area contributed by atoms with E-state index in [0.717, 1.165) is 0 Å². The van der Waals surface area contributed by atoms with Crippen molar-refractivity contribution in [1.29, 1.82) is 0 Å². The molecule has 5 nitrogen and oxygen atoms in total. The van der Waals surface area contributed by atoms with Crippen LogP contribution in [0.4, 0.5) is 0 Å². The molecule has 0 spiro atoms. The fraction of sp³-hybridized carbons (Fsp3) is 0.167. The largest absolute Gasteiger partial charge is 0.492 e. The zero-order chi connectivity index (χ0) is 10.1. The first kappa shape index (κ1) is 10.4. The molecule has 72 valence electrons. The number of aromatic hydroxyl groups is 1. The fourth-order valence-corrected chi connectivity index (χ4v) is 2.00. The van der Waals surface area contributed by atoms with Crippen LogP contribution >= 0.6 is 15.9 Å². The highest BCUT2D eigenvalue weighted by Gasteiger charge is 2.17. The number of halogens is 1. The molecule has 2 N–H and O–H groups in total. The zero-order valence-corrected chi connectivity index (χ0v) is 9.05. The molecule has 7 heteroatoms. The van der Waals surface area contributed by atoms with Crippen molar-refractivity contribution in [1.82, 2.24) is 9.71 Å². The standard InChI is InChI=1S/C6H7BrN2O3S/c1-8-13(11,12)5-2-4(7)3-9-6(5)10/h2-3,8H,1H3,(H,9,10). The summed E-state index contributed by atoms with van der Waals surface area (Å²) in [6, 6.07) is 1.27. The van der Waals surface area contributed by atoms with E-state index in [1.165, 1.54) is 19.3 Å². The second-order valence-electron chi connectivity index (χ2n) is 2.18. The van der Waals surface area contributed by atoms with Crippen molar-refractivity contribution in [2.75, 3.05) is 7.05 Å². The summed E-state index contributed by atoms with van der Waals surface area (Å²) >= 11 is 3.05. The highest BCUT2D eigenvalue weighted by molar-refractivity contribution is 9.10. The minimum atomic E-state index is -3.64. The molecule has 13 heavy (non-hydrogen) atoms. The van der Waals surface area contributed by atoms with Gasteiger partial charge >= 0.3 is 0 Å². The number of sulfonamides is 1. The molecule has 0 aliphatic carbocycles. The molecular weight excluding hydrogens is 260 g/mol. The van der Waals surface area contributed by atoms with Crippen molar-refractivity contribution in [3.05, 3.63) is 16.7 Å². The lowest BCUT2D eigenvalue weighted by Gasteiger charge is -2.03. The molecule has 0 unspecified atom stereocenters. The quantitative estimate of drug-likeness (QED) is 0.815. The van der Waals surface area contributed by atoms with Crippen molar-refractivity contribution >= 4 is 26.0 Å². The predicted octanol–water partition coefficient (Wildman–Crippen LogP) is 0.458. The van der Waals surface area contributed by atoms with Gasteiger partial charge in [-0.25, -0.2) is 18.1 Å². The van der Waals surface area contributed by atoms with E-state index in [4.69, 9.17) is 5.11 Å². The smallest absolute Gasteiger partial charge is 0.245 e. The van der Waals surface area contributed by atoms with Gasteiger partial charge in [0.25, 0.3) is 0 Å². The Labute approximate surface area is 84.0 Å². The monoisotopic (exact) mass is 266 g/mol. The molecule has 0 saturated heterocycles. The molecule has 0 amide bonds. The van der Waals surface area contributed by atoms with Gasteiger partial charge in [0.05, 0.1) is 0 Å². The average Bonchev–Trinajstić information content (AvgIpc) is 2.09. The number of pyridine rings is 1. The van der Waals surface area contributed by atoms with Gasteiger partial charge in [0.2, 0.25) is 15.9 Å². The van der Waals surface area contributed by atoms with Crippen molar-refractivity contribution in [2.24, 2.45) is 0 Å². The van der Waals surface area contributed by atoms with Crippen molar-refractivity contribution in [2.45, 2.75) is 4.90 Å². The van der Waals surface area contributed by atoms with E-state index in [2.05, 4.69) is 25.6 Å². The van der Waals surface area contributed by atoms with Gasteiger partial charge in [0, 0.05) is 10.7 Å². The first-order chi connectivity index (χ1) is 5.97. The van der Waals surface area contributed by atoms with E-state index < -0.39 is 15.9 Å². The molecule has 0 saturated carbocycles. The molecule has 0 aromatic carbocycles. The maximum atomic E-state index is 11.2. The lowest BCUT2D eigenvalue weighted by molar-refractivity contribution is 0.435.